The van der Waals surface area contributed by atoms with Gasteiger partial charge in [-0.05, 0) is 39.2 Å². The van der Waals surface area contributed by atoms with Crippen LogP contribution >= 0.6 is 11.3 Å². The van der Waals surface area contributed by atoms with Crippen molar-refractivity contribution in [2.45, 2.75) is 46.1 Å². The SMILES string of the molecule is CCOC(=O)N1CCC(c2nc(C)sc2C(=O)NCc2ccc(C)cc2)CC1. The Morgan fingerprint density at radius 2 is 1.89 bits per heavy atom. The van der Waals surface area contributed by atoms with Crippen molar-refractivity contribution in [3.63, 3.8) is 0 Å². The molecule has 0 aliphatic carbocycles. The van der Waals surface area contributed by atoms with Gasteiger partial charge >= 0.3 is 6.09 Å². The van der Waals surface area contributed by atoms with Crippen LogP contribution in [0.15, 0.2) is 24.3 Å². The van der Waals surface area contributed by atoms with Gasteiger partial charge in [-0.2, -0.15) is 0 Å². The highest BCUT2D eigenvalue weighted by atomic mass is 32.1. The van der Waals surface area contributed by atoms with Crippen molar-refractivity contribution in [2.24, 2.45) is 0 Å². The first-order chi connectivity index (χ1) is 13.5. The molecule has 0 spiro atoms. The number of carbonyl (C=O) groups excluding carboxylic acids is 2. The molecule has 3 rings (SSSR count). The van der Waals surface area contributed by atoms with Gasteiger partial charge in [-0.15, -0.1) is 11.3 Å². The highest BCUT2D eigenvalue weighted by Gasteiger charge is 2.29. The van der Waals surface area contributed by atoms with Gasteiger partial charge in [-0.1, -0.05) is 29.8 Å². The summed E-state index contributed by atoms with van der Waals surface area (Å²) in [5.41, 5.74) is 3.14. The third kappa shape index (κ3) is 4.90. The molecule has 7 heteroatoms. The molecule has 0 atom stereocenters. The van der Waals surface area contributed by atoms with Crippen LogP contribution in [0.2, 0.25) is 0 Å². The van der Waals surface area contributed by atoms with E-state index in [2.05, 4.69) is 10.3 Å². The fraction of sp³-hybridized carbons (Fsp3) is 0.476. The Labute approximate surface area is 169 Å². The zero-order chi connectivity index (χ0) is 20.1. The summed E-state index contributed by atoms with van der Waals surface area (Å²) >= 11 is 1.44. The molecular weight excluding hydrogens is 374 g/mol. The van der Waals surface area contributed by atoms with E-state index in [0.717, 1.165) is 29.1 Å². The maximum atomic E-state index is 12.8. The van der Waals surface area contributed by atoms with E-state index in [1.54, 1.807) is 4.90 Å². The summed E-state index contributed by atoms with van der Waals surface area (Å²) in [5.74, 6) is 0.116. The summed E-state index contributed by atoms with van der Waals surface area (Å²) in [5, 5.41) is 3.91. The third-order valence-corrected chi connectivity index (χ3v) is 5.93. The van der Waals surface area contributed by atoms with Gasteiger partial charge in [0.05, 0.1) is 17.3 Å². The van der Waals surface area contributed by atoms with Crippen LogP contribution in [0.25, 0.3) is 0 Å². The second-order valence-corrected chi connectivity index (χ2v) is 8.28. The molecule has 1 aliphatic rings. The maximum Gasteiger partial charge on any atom is 0.409 e. The molecule has 150 valence electrons. The van der Waals surface area contributed by atoms with Crippen LogP contribution < -0.4 is 5.32 Å². The van der Waals surface area contributed by atoms with Gasteiger partial charge in [0.15, 0.2) is 0 Å². The Balaban J connectivity index is 1.63. The van der Waals surface area contributed by atoms with Crippen molar-refractivity contribution in [3.05, 3.63) is 51.0 Å². The molecule has 6 nitrogen and oxygen atoms in total. The van der Waals surface area contributed by atoms with Crippen molar-refractivity contribution in [2.75, 3.05) is 19.7 Å². The van der Waals surface area contributed by atoms with Crippen LogP contribution in [0.1, 0.15) is 57.2 Å². The van der Waals surface area contributed by atoms with E-state index >= 15 is 0 Å². The molecule has 1 aliphatic heterocycles. The van der Waals surface area contributed by atoms with Gasteiger partial charge in [0, 0.05) is 25.6 Å². The summed E-state index contributed by atoms with van der Waals surface area (Å²) in [6, 6.07) is 8.14. The number of nitrogens with one attached hydrogen (secondary N) is 1. The minimum absolute atomic E-state index is 0.0750. The summed E-state index contributed by atoms with van der Waals surface area (Å²) < 4.78 is 5.08. The number of likely N-dealkylation sites (tertiary alicyclic amines) is 1. The Hall–Kier alpha value is -2.41. The van der Waals surface area contributed by atoms with Gasteiger partial charge in [-0.3, -0.25) is 4.79 Å². The summed E-state index contributed by atoms with van der Waals surface area (Å²) in [6.07, 6.45) is 1.33. The molecule has 2 aromatic rings. The minimum atomic E-state index is -0.258. The van der Waals surface area contributed by atoms with E-state index in [-0.39, 0.29) is 17.9 Å². The predicted octanol–water partition coefficient (Wildman–Crippen LogP) is 4.03. The van der Waals surface area contributed by atoms with Gasteiger partial charge in [-0.25, -0.2) is 9.78 Å². The monoisotopic (exact) mass is 401 g/mol. The Kier molecular flexibility index (Phi) is 6.67. The lowest BCUT2D eigenvalue weighted by Crippen LogP contribution is -2.38. The molecule has 1 aromatic carbocycles. The van der Waals surface area contributed by atoms with Crippen molar-refractivity contribution < 1.29 is 14.3 Å². The number of aromatic nitrogens is 1. The lowest BCUT2D eigenvalue weighted by molar-refractivity contribution is 0.0935. The topological polar surface area (TPSA) is 71.5 Å². The van der Waals surface area contributed by atoms with E-state index < -0.39 is 0 Å². The highest BCUT2D eigenvalue weighted by Crippen LogP contribution is 2.33. The van der Waals surface area contributed by atoms with Crippen molar-refractivity contribution in [1.29, 1.82) is 0 Å². The molecule has 1 N–H and O–H groups in total. The van der Waals surface area contributed by atoms with E-state index in [9.17, 15) is 9.59 Å². The van der Waals surface area contributed by atoms with Crippen LogP contribution in [0.5, 0.6) is 0 Å². The fourth-order valence-electron chi connectivity index (χ4n) is 3.40. The van der Waals surface area contributed by atoms with Crippen LogP contribution in [-0.4, -0.2) is 41.6 Å². The number of thiazole rings is 1. The number of hydrogen-bond acceptors (Lipinski definition) is 5. The molecule has 0 bridgehead atoms. The molecule has 1 saturated heterocycles. The van der Waals surface area contributed by atoms with Crippen LogP contribution in [0, 0.1) is 13.8 Å². The molecule has 1 fully saturated rings. The van der Waals surface area contributed by atoms with Gasteiger partial charge in [0.1, 0.15) is 4.88 Å². The average Bonchev–Trinajstić information content (AvgIpc) is 3.09. The van der Waals surface area contributed by atoms with Crippen molar-refractivity contribution >= 4 is 23.3 Å². The fourth-order valence-corrected chi connectivity index (χ4v) is 4.32. The van der Waals surface area contributed by atoms with Crippen LogP contribution in [-0.2, 0) is 11.3 Å². The molecule has 0 unspecified atom stereocenters. The number of benzene rings is 1. The molecular formula is C21H27N3O3S. The van der Waals surface area contributed by atoms with Crippen LogP contribution in [0.3, 0.4) is 0 Å². The van der Waals surface area contributed by atoms with Gasteiger partial charge in [0.2, 0.25) is 0 Å². The Morgan fingerprint density at radius 1 is 1.21 bits per heavy atom. The second kappa shape index (κ2) is 9.19. The lowest BCUT2D eigenvalue weighted by Gasteiger charge is -2.30. The first kappa shape index (κ1) is 20.3. The molecule has 1 aromatic heterocycles. The molecule has 28 heavy (non-hydrogen) atoms. The van der Waals surface area contributed by atoms with E-state index in [1.807, 2.05) is 45.0 Å². The number of amides is 2. The summed E-state index contributed by atoms with van der Waals surface area (Å²) in [7, 11) is 0. The molecule has 0 radical (unpaired) electrons. The number of aryl methyl sites for hydroxylation is 2. The van der Waals surface area contributed by atoms with Gasteiger partial charge < -0.3 is 15.0 Å². The largest absolute Gasteiger partial charge is 0.450 e. The van der Waals surface area contributed by atoms with Crippen LogP contribution in [0.4, 0.5) is 4.79 Å². The smallest absolute Gasteiger partial charge is 0.409 e. The van der Waals surface area contributed by atoms with E-state index in [1.165, 1.54) is 16.9 Å². The normalized spacial score (nSPS) is 14.8. The first-order valence-corrected chi connectivity index (χ1v) is 10.5. The standard InChI is InChI=1S/C21H27N3O3S/c1-4-27-21(26)24-11-9-17(10-12-24)18-19(28-15(3)23-18)20(25)22-13-16-7-5-14(2)6-8-16/h5-8,17H,4,9-13H2,1-3H3,(H,22,25). The lowest BCUT2D eigenvalue weighted by atomic mass is 9.93. The number of carbonyl (C=O) groups is 2. The average molecular weight is 402 g/mol. The number of nitrogens with zero attached hydrogens (tertiary/aromatic N) is 2. The first-order valence-electron chi connectivity index (χ1n) is 9.70. The molecule has 2 amide bonds. The molecule has 2 heterocycles. The number of hydrogen-bond donors (Lipinski definition) is 1. The zero-order valence-electron chi connectivity index (χ0n) is 16.7. The quantitative estimate of drug-likeness (QED) is 0.821. The van der Waals surface area contributed by atoms with Crippen molar-refractivity contribution in [3.8, 4) is 0 Å². The second-order valence-electron chi connectivity index (χ2n) is 7.08. The third-order valence-electron chi connectivity index (χ3n) is 4.95. The summed E-state index contributed by atoms with van der Waals surface area (Å²) in [6.45, 7) is 7.92. The van der Waals surface area contributed by atoms with E-state index in [0.29, 0.717) is 31.1 Å². The number of piperidine rings is 1. The van der Waals surface area contributed by atoms with E-state index in [4.69, 9.17) is 4.74 Å². The van der Waals surface area contributed by atoms with Crippen molar-refractivity contribution in [1.82, 2.24) is 15.2 Å². The maximum absolute atomic E-state index is 12.8. The molecule has 0 saturated carbocycles. The Morgan fingerprint density at radius 3 is 2.54 bits per heavy atom. The zero-order valence-corrected chi connectivity index (χ0v) is 17.5. The minimum Gasteiger partial charge on any atom is -0.450 e. The summed E-state index contributed by atoms with van der Waals surface area (Å²) in [4.78, 5) is 31.8. The number of ether oxygens (including phenoxy) is 1. The predicted molar refractivity (Wildman–Crippen MR) is 110 cm³/mol. The highest BCUT2D eigenvalue weighted by molar-refractivity contribution is 7.13. The van der Waals surface area contributed by atoms with Gasteiger partial charge in [0.25, 0.3) is 5.91 Å². The Bertz CT molecular complexity index is 824. The number of rotatable bonds is 5.